The van der Waals surface area contributed by atoms with Gasteiger partial charge >= 0.3 is 0 Å². The van der Waals surface area contributed by atoms with Crippen molar-refractivity contribution in [2.75, 3.05) is 31.3 Å². The van der Waals surface area contributed by atoms with E-state index in [1.54, 1.807) is 6.07 Å². The second-order valence-electron chi connectivity index (χ2n) is 7.08. The van der Waals surface area contributed by atoms with Gasteiger partial charge in [-0.25, -0.2) is 12.7 Å². The Labute approximate surface area is 177 Å². The van der Waals surface area contributed by atoms with Crippen LogP contribution < -0.4 is 10.6 Å². The van der Waals surface area contributed by atoms with Gasteiger partial charge in [0.25, 0.3) is 0 Å². The van der Waals surface area contributed by atoms with Gasteiger partial charge in [0.2, 0.25) is 15.9 Å². The number of carbonyl (C=O) groups excluding carboxylic acids is 1. The number of para-hydroxylation sites is 1. The van der Waals surface area contributed by atoms with E-state index < -0.39 is 10.0 Å². The molecule has 0 aromatic heterocycles. The summed E-state index contributed by atoms with van der Waals surface area (Å²) in [6.07, 6.45) is 0. The Kier molecular flexibility index (Phi) is 6.54. The third kappa shape index (κ3) is 4.87. The Balaban J connectivity index is 1.74. The number of amides is 1. The van der Waals surface area contributed by atoms with Gasteiger partial charge in [-0.3, -0.25) is 4.79 Å². The number of rotatable bonds is 7. The molecule has 0 radical (unpaired) electrons. The van der Waals surface area contributed by atoms with Gasteiger partial charge in [-0.05, 0) is 36.2 Å². The standard InChI is InChI=1S/C23H25N3O3S/c1-17-13-14-19(30(28,29)26(2)3)15-22(17)25-23(27)16-24-21-12-8-7-11-20(21)18-9-5-4-6-10-18/h4-15,24H,16H2,1-3H3,(H,25,27). The van der Waals surface area contributed by atoms with E-state index in [0.29, 0.717) is 5.69 Å². The second kappa shape index (κ2) is 9.11. The normalized spacial score (nSPS) is 11.3. The molecule has 3 aromatic rings. The SMILES string of the molecule is Cc1ccc(S(=O)(=O)N(C)C)cc1NC(=O)CNc1ccccc1-c1ccccc1. The molecule has 0 aliphatic rings. The zero-order valence-corrected chi connectivity index (χ0v) is 18.0. The van der Waals surface area contributed by atoms with E-state index in [2.05, 4.69) is 10.6 Å². The zero-order valence-electron chi connectivity index (χ0n) is 17.2. The van der Waals surface area contributed by atoms with Crippen LogP contribution in [0.3, 0.4) is 0 Å². The molecule has 0 aliphatic carbocycles. The van der Waals surface area contributed by atoms with Crippen molar-refractivity contribution in [1.82, 2.24) is 4.31 Å². The molecule has 30 heavy (non-hydrogen) atoms. The lowest BCUT2D eigenvalue weighted by Gasteiger charge is -2.15. The summed E-state index contributed by atoms with van der Waals surface area (Å²) < 4.78 is 25.9. The number of nitrogens with one attached hydrogen (secondary N) is 2. The summed E-state index contributed by atoms with van der Waals surface area (Å²) in [6.45, 7) is 1.87. The molecule has 156 valence electrons. The predicted molar refractivity (Wildman–Crippen MR) is 121 cm³/mol. The van der Waals surface area contributed by atoms with Gasteiger partial charge in [0.15, 0.2) is 0 Å². The van der Waals surface area contributed by atoms with Crippen molar-refractivity contribution in [2.45, 2.75) is 11.8 Å². The molecule has 0 aliphatic heterocycles. The van der Waals surface area contributed by atoms with Gasteiger partial charge in [-0.15, -0.1) is 0 Å². The Bertz CT molecular complexity index is 1140. The summed E-state index contributed by atoms with van der Waals surface area (Å²) in [5.74, 6) is -0.264. The maximum absolute atomic E-state index is 12.5. The number of hydrogen-bond donors (Lipinski definition) is 2. The summed E-state index contributed by atoms with van der Waals surface area (Å²) in [7, 11) is -0.630. The molecule has 0 fully saturated rings. The highest BCUT2D eigenvalue weighted by Crippen LogP contribution is 2.27. The van der Waals surface area contributed by atoms with Crippen LogP contribution in [0, 0.1) is 6.92 Å². The van der Waals surface area contributed by atoms with E-state index in [-0.39, 0.29) is 17.3 Å². The molecule has 7 heteroatoms. The van der Waals surface area contributed by atoms with Crippen molar-refractivity contribution in [3.05, 3.63) is 78.4 Å². The highest BCUT2D eigenvalue weighted by molar-refractivity contribution is 7.89. The fourth-order valence-electron chi connectivity index (χ4n) is 2.98. The minimum Gasteiger partial charge on any atom is -0.376 e. The maximum atomic E-state index is 12.5. The zero-order chi connectivity index (χ0) is 21.7. The van der Waals surface area contributed by atoms with Crippen molar-refractivity contribution < 1.29 is 13.2 Å². The molecule has 0 heterocycles. The molecule has 6 nitrogen and oxygen atoms in total. The molecular weight excluding hydrogens is 398 g/mol. The first-order valence-electron chi connectivity index (χ1n) is 9.50. The van der Waals surface area contributed by atoms with Gasteiger partial charge in [-0.1, -0.05) is 54.6 Å². The van der Waals surface area contributed by atoms with E-state index in [4.69, 9.17) is 0 Å². The van der Waals surface area contributed by atoms with Crippen LogP contribution in [-0.4, -0.2) is 39.3 Å². The van der Waals surface area contributed by atoms with Crippen LogP contribution in [0.25, 0.3) is 11.1 Å². The molecule has 0 atom stereocenters. The number of aryl methyl sites for hydroxylation is 1. The molecule has 3 aromatic carbocycles. The van der Waals surface area contributed by atoms with Crippen molar-refractivity contribution in [3.63, 3.8) is 0 Å². The number of hydrogen-bond acceptors (Lipinski definition) is 4. The Hall–Kier alpha value is -3.16. The van der Waals surface area contributed by atoms with Gasteiger partial charge < -0.3 is 10.6 Å². The Morgan fingerprint density at radius 1 is 0.900 bits per heavy atom. The number of anilines is 2. The summed E-state index contributed by atoms with van der Waals surface area (Å²) in [6, 6.07) is 22.4. The number of sulfonamides is 1. The minimum absolute atomic E-state index is 0.0495. The van der Waals surface area contributed by atoms with Crippen molar-refractivity contribution in [1.29, 1.82) is 0 Å². The lowest BCUT2D eigenvalue weighted by Crippen LogP contribution is -2.24. The lowest BCUT2D eigenvalue weighted by atomic mass is 10.0. The van der Waals surface area contributed by atoms with Crippen LogP contribution in [0.1, 0.15) is 5.56 Å². The van der Waals surface area contributed by atoms with Crippen LogP contribution in [-0.2, 0) is 14.8 Å². The Morgan fingerprint density at radius 3 is 2.27 bits per heavy atom. The monoisotopic (exact) mass is 423 g/mol. The predicted octanol–water partition coefficient (Wildman–Crippen LogP) is 3.96. The van der Waals surface area contributed by atoms with E-state index in [0.717, 1.165) is 26.7 Å². The molecule has 0 saturated heterocycles. The van der Waals surface area contributed by atoms with Crippen LogP contribution in [0.5, 0.6) is 0 Å². The average molecular weight is 424 g/mol. The fourth-order valence-corrected chi connectivity index (χ4v) is 3.91. The van der Waals surface area contributed by atoms with Crippen molar-refractivity contribution in [2.24, 2.45) is 0 Å². The second-order valence-corrected chi connectivity index (χ2v) is 9.23. The van der Waals surface area contributed by atoms with E-state index in [1.807, 2.05) is 61.5 Å². The van der Waals surface area contributed by atoms with Gasteiger partial charge in [-0.2, -0.15) is 0 Å². The summed E-state index contributed by atoms with van der Waals surface area (Å²) in [5, 5.41) is 5.98. The molecule has 0 spiro atoms. The lowest BCUT2D eigenvalue weighted by molar-refractivity contribution is -0.114. The van der Waals surface area contributed by atoms with Crippen LogP contribution in [0.2, 0.25) is 0 Å². The first-order chi connectivity index (χ1) is 14.3. The first kappa shape index (κ1) is 21.5. The maximum Gasteiger partial charge on any atom is 0.243 e. The molecule has 2 N–H and O–H groups in total. The topological polar surface area (TPSA) is 78.5 Å². The number of benzene rings is 3. The number of nitrogens with zero attached hydrogens (tertiary/aromatic N) is 1. The molecular formula is C23H25N3O3S. The summed E-state index contributed by atoms with van der Waals surface area (Å²) in [5.41, 5.74) is 4.16. The Morgan fingerprint density at radius 2 is 1.57 bits per heavy atom. The van der Waals surface area contributed by atoms with Crippen LogP contribution in [0.4, 0.5) is 11.4 Å². The van der Waals surface area contributed by atoms with Crippen LogP contribution >= 0.6 is 0 Å². The molecule has 0 bridgehead atoms. The average Bonchev–Trinajstić information content (AvgIpc) is 2.74. The first-order valence-corrected chi connectivity index (χ1v) is 10.9. The third-order valence-electron chi connectivity index (χ3n) is 4.71. The van der Waals surface area contributed by atoms with E-state index in [1.165, 1.54) is 26.2 Å². The summed E-state index contributed by atoms with van der Waals surface area (Å²) in [4.78, 5) is 12.7. The minimum atomic E-state index is -3.58. The fraction of sp³-hybridized carbons (Fsp3) is 0.174. The molecule has 3 rings (SSSR count). The van der Waals surface area contributed by atoms with Gasteiger partial charge in [0.1, 0.15) is 0 Å². The molecule has 0 unspecified atom stereocenters. The van der Waals surface area contributed by atoms with E-state index in [9.17, 15) is 13.2 Å². The van der Waals surface area contributed by atoms with Gasteiger partial charge in [0, 0.05) is 31.0 Å². The quantitative estimate of drug-likeness (QED) is 0.603. The molecule has 1 amide bonds. The molecule has 0 saturated carbocycles. The van der Waals surface area contributed by atoms with Crippen molar-refractivity contribution in [3.8, 4) is 11.1 Å². The van der Waals surface area contributed by atoms with Crippen LogP contribution in [0.15, 0.2) is 77.7 Å². The largest absolute Gasteiger partial charge is 0.376 e. The van der Waals surface area contributed by atoms with Crippen molar-refractivity contribution >= 4 is 27.3 Å². The van der Waals surface area contributed by atoms with E-state index >= 15 is 0 Å². The third-order valence-corrected chi connectivity index (χ3v) is 6.52. The highest BCUT2D eigenvalue weighted by atomic mass is 32.2. The van der Waals surface area contributed by atoms with Gasteiger partial charge in [0.05, 0.1) is 11.4 Å². The number of carbonyl (C=O) groups is 1. The highest BCUT2D eigenvalue weighted by Gasteiger charge is 2.18. The smallest absolute Gasteiger partial charge is 0.243 e. The summed E-state index contributed by atoms with van der Waals surface area (Å²) >= 11 is 0.